The number of imidazole rings is 1. The zero-order chi connectivity index (χ0) is 13.2. The third-order valence-corrected chi connectivity index (χ3v) is 5.03. The van der Waals surface area contributed by atoms with E-state index in [4.69, 9.17) is 10.5 Å². The SMILES string of the molecule is CC(C1CCCC1)n1cncc1C(N)C1CCOC1. The Hall–Kier alpha value is -0.870. The molecular weight excluding hydrogens is 238 g/mol. The van der Waals surface area contributed by atoms with Crippen molar-refractivity contribution in [2.75, 3.05) is 13.2 Å². The summed E-state index contributed by atoms with van der Waals surface area (Å²) in [5.41, 5.74) is 7.63. The minimum absolute atomic E-state index is 0.0638. The molecule has 2 aliphatic rings. The largest absolute Gasteiger partial charge is 0.381 e. The van der Waals surface area contributed by atoms with Crippen molar-refractivity contribution in [2.45, 2.75) is 51.1 Å². The lowest BCUT2D eigenvalue weighted by Gasteiger charge is -2.26. The summed E-state index contributed by atoms with van der Waals surface area (Å²) in [6.07, 6.45) is 10.4. The van der Waals surface area contributed by atoms with Crippen molar-refractivity contribution >= 4 is 0 Å². The van der Waals surface area contributed by atoms with Crippen molar-refractivity contribution in [2.24, 2.45) is 17.6 Å². The molecule has 4 heteroatoms. The van der Waals surface area contributed by atoms with Crippen LogP contribution in [0.1, 0.15) is 56.8 Å². The first-order valence-corrected chi connectivity index (χ1v) is 7.62. The molecule has 0 radical (unpaired) electrons. The maximum absolute atomic E-state index is 6.44. The van der Waals surface area contributed by atoms with E-state index in [1.54, 1.807) is 0 Å². The molecule has 1 aliphatic carbocycles. The highest BCUT2D eigenvalue weighted by Gasteiger charge is 2.29. The summed E-state index contributed by atoms with van der Waals surface area (Å²) in [5.74, 6) is 1.24. The second kappa shape index (κ2) is 5.63. The molecule has 1 aliphatic heterocycles. The number of nitrogens with zero attached hydrogens (tertiary/aromatic N) is 2. The van der Waals surface area contributed by atoms with Crippen molar-refractivity contribution in [1.29, 1.82) is 0 Å². The standard InChI is InChI=1S/C15H25N3O/c1-11(12-4-2-3-5-12)18-10-17-8-14(18)15(16)13-6-7-19-9-13/h8,10-13,15H,2-7,9,16H2,1H3. The Balaban J connectivity index is 1.76. The summed E-state index contributed by atoms with van der Waals surface area (Å²) >= 11 is 0. The number of hydrogen-bond acceptors (Lipinski definition) is 3. The van der Waals surface area contributed by atoms with Gasteiger partial charge in [-0.15, -0.1) is 0 Å². The van der Waals surface area contributed by atoms with Crippen LogP contribution in [0.15, 0.2) is 12.5 Å². The lowest BCUT2D eigenvalue weighted by Crippen LogP contribution is -2.26. The highest BCUT2D eigenvalue weighted by atomic mass is 16.5. The first-order chi connectivity index (χ1) is 9.27. The third kappa shape index (κ3) is 2.56. The van der Waals surface area contributed by atoms with Crippen molar-refractivity contribution in [3.63, 3.8) is 0 Å². The summed E-state index contributed by atoms with van der Waals surface area (Å²) in [7, 11) is 0. The van der Waals surface area contributed by atoms with Crippen molar-refractivity contribution in [1.82, 2.24) is 9.55 Å². The first kappa shape index (κ1) is 13.1. The molecule has 2 fully saturated rings. The molecule has 3 rings (SSSR count). The molecule has 1 saturated heterocycles. The van der Waals surface area contributed by atoms with Gasteiger partial charge in [0.2, 0.25) is 0 Å². The van der Waals surface area contributed by atoms with E-state index < -0.39 is 0 Å². The van der Waals surface area contributed by atoms with Gasteiger partial charge in [0.15, 0.2) is 0 Å². The molecule has 19 heavy (non-hydrogen) atoms. The van der Waals surface area contributed by atoms with E-state index >= 15 is 0 Å². The van der Waals surface area contributed by atoms with E-state index in [9.17, 15) is 0 Å². The van der Waals surface area contributed by atoms with Gasteiger partial charge in [-0.3, -0.25) is 0 Å². The molecule has 0 spiro atoms. The van der Waals surface area contributed by atoms with Gasteiger partial charge < -0.3 is 15.0 Å². The number of ether oxygens (including phenoxy) is 1. The van der Waals surface area contributed by atoms with Gasteiger partial charge in [0.25, 0.3) is 0 Å². The van der Waals surface area contributed by atoms with E-state index in [-0.39, 0.29) is 6.04 Å². The van der Waals surface area contributed by atoms with E-state index in [0.29, 0.717) is 12.0 Å². The van der Waals surface area contributed by atoms with Crippen molar-refractivity contribution < 1.29 is 4.74 Å². The Morgan fingerprint density at radius 2 is 2.11 bits per heavy atom. The highest BCUT2D eigenvalue weighted by Crippen LogP contribution is 2.36. The van der Waals surface area contributed by atoms with Crippen LogP contribution >= 0.6 is 0 Å². The second-order valence-corrected chi connectivity index (χ2v) is 6.16. The highest BCUT2D eigenvalue weighted by molar-refractivity contribution is 5.08. The molecule has 1 saturated carbocycles. The van der Waals surface area contributed by atoms with Crippen molar-refractivity contribution in [3.05, 3.63) is 18.2 Å². The van der Waals surface area contributed by atoms with Crippen LogP contribution in [0, 0.1) is 11.8 Å². The molecule has 1 aromatic rings. The van der Waals surface area contributed by atoms with Gasteiger partial charge in [-0.2, -0.15) is 0 Å². The van der Waals surface area contributed by atoms with Crippen LogP contribution in [0.5, 0.6) is 0 Å². The molecular formula is C15H25N3O. The summed E-state index contributed by atoms with van der Waals surface area (Å²) in [4.78, 5) is 4.35. The van der Waals surface area contributed by atoms with Gasteiger partial charge in [0.05, 0.1) is 24.7 Å². The lowest BCUT2D eigenvalue weighted by molar-refractivity contribution is 0.179. The van der Waals surface area contributed by atoms with Crippen molar-refractivity contribution in [3.8, 4) is 0 Å². The predicted molar refractivity (Wildman–Crippen MR) is 74.8 cm³/mol. The third-order valence-electron chi connectivity index (χ3n) is 5.03. The predicted octanol–water partition coefficient (Wildman–Crippen LogP) is 2.67. The topological polar surface area (TPSA) is 53.1 Å². The van der Waals surface area contributed by atoms with Gasteiger partial charge in [0, 0.05) is 24.8 Å². The van der Waals surface area contributed by atoms with Crippen LogP contribution in [-0.4, -0.2) is 22.8 Å². The molecule has 2 heterocycles. The van der Waals surface area contributed by atoms with E-state index in [1.807, 2.05) is 12.5 Å². The van der Waals surface area contributed by atoms with Gasteiger partial charge in [-0.25, -0.2) is 4.98 Å². The summed E-state index contributed by atoms with van der Waals surface area (Å²) in [6, 6.07) is 0.585. The minimum atomic E-state index is 0.0638. The fourth-order valence-electron chi connectivity index (χ4n) is 3.66. The Morgan fingerprint density at radius 1 is 1.32 bits per heavy atom. The zero-order valence-corrected chi connectivity index (χ0v) is 11.8. The van der Waals surface area contributed by atoms with Gasteiger partial charge in [0.1, 0.15) is 0 Å². The average Bonchev–Trinajstić information content (AvgIpc) is 3.16. The molecule has 0 bridgehead atoms. The zero-order valence-electron chi connectivity index (χ0n) is 11.8. The Kier molecular flexibility index (Phi) is 3.89. The van der Waals surface area contributed by atoms with E-state index in [0.717, 1.165) is 25.6 Å². The van der Waals surface area contributed by atoms with E-state index in [1.165, 1.54) is 31.4 Å². The van der Waals surface area contributed by atoms with Crippen LogP contribution in [-0.2, 0) is 4.74 Å². The molecule has 1 aromatic heterocycles. The van der Waals surface area contributed by atoms with Crippen LogP contribution < -0.4 is 5.73 Å². The maximum atomic E-state index is 6.44. The van der Waals surface area contributed by atoms with E-state index in [2.05, 4.69) is 16.5 Å². The monoisotopic (exact) mass is 263 g/mol. The molecule has 3 atom stereocenters. The molecule has 106 valence electrons. The van der Waals surface area contributed by atoms with Crippen LogP contribution in [0.4, 0.5) is 0 Å². The Labute approximate surface area is 115 Å². The maximum Gasteiger partial charge on any atom is 0.0951 e. The fraction of sp³-hybridized carbons (Fsp3) is 0.800. The van der Waals surface area contributed by atoms with Crippen LogP contribution in [0.3, 0.4) is 0 Å². The summed E-state index contributed by atoms with van der Waals surface area (Å²) < 4.78 is 7.79. The van der Waals surface area contributed by atoms with Gasteiger partial charge >= 0.3 is 0 Å². The van der Waals surface area contributed by atoms with Crippen LogP contribution in [0.25, 0.3) is 0 Å². The number of rotatable bonds is 4. The molecule has 0 amide bonds. The van der Waals surface area contributed by atoms with Crippen LogP contribution in [0.2, 0.25) is 0 Å². The normalized spacial score (nSPS) is 27.8. The number of hydrogen-bond donors (Lipinski definition) is 1. The smallest absolute Gasteiger partial charge is 0.0951 e. The fourth-order valence-corrected chi connectivity index (χ4v) is 3.66. The second-order valence-electron chi connectivity index (χ2n) is 6.16. The van der Waals surface area contributed by atoms with Gasteiger partial charge in [-0.05, 0) is 32.1 Å². The number of nitrogens with two attached hydrogens (primary N) is 1. The molecule has 4 nitrogen and oxygen atoms in total. The molecule has 2 N–H and O–H groups in total. The quantitative estimate of drug-likeness (QED) is 0.908. The summed E-state index contributed by atoms with van der Waals surface area (Å²) in [5, 5.41) is 0. The molecule has 0 aromatic carbocycles. The minimum Gasteiger partial charge on any atom is -0.381 e. The Morgan fingerprint density at radius 3 is 2.79 bits per heavy atom. The van der Waals surface area contributed by atoms with Gasteiger partial charge in [-0.1, -0.05) is 12.8 Å². The lowest BCUT2D eigenvalue weighted by atomic mass is 9.95. The first-order valence-electron chi connectivity index (χ1n) is 7.62. The summed E-state index contributed by atoms with van der Waals surface area (Å²) in [6.45, 7) is 3.97. The average molecular weight is 263 g/mol. The molecule has 3 unspecified atom stereocenters. The number of aromatic nitrogens is 2. The Bertz CT molecular complexity index is 369.